The molecule has 3 aromatic rings. The van der Waals surface area contributed by atoms with Gasteiger partial charge in [0.15, 0.2) is 0 Å². The molecule has 17 heteroatoms. The lowest BCUT2D eigenvalue weighted by Crippen LogP contribution is -2.61. The van der Waals surface area contributed by atoms with Crippen molar-refractivity contribution < 1.29 is 51.1 Å². The summed E-state index contributed by atoms with van der Waals surface area (Å²) >= 11 is 0.897. The van der Waals surface area contributed by atoms with Crippen molar-refractivity contribution in [3.8, 4) is 0 Å². The fourth-order valence-corrected chi connectivity index (χ4v) is 7.39. The van der Waals surface area contributed by atoms with Crippen LogP contribution in [0.1, 0.15) is 53.4 Å². The molecule has 2 aromatic carbocycles. The molecule has 1 aromatic heterocycles. The molecule has 3 atom stereocenters. The average Bonchev–Trinajstić information content (AvgIpc) is 3.64. The van der Waals surface area contributed by atoms with E-state index in [0.717, 1.165) is 23.5 Å². The second kappa shape index (κ2) is 13.0. The summed E-state index contributed by atoms with van der Waals surface area (Å²) in [5.41, 5.74) is -5.44. The summed E-state index contributed by atoms with van der Waals surface area (Å²) in [5, 5.41) is 2.74. The van der Waals surface area contributed by atoms with Crippen molar-refractivity contribution >= 4 is 58.3 Å². The summed E-state index contributed by atoms with van der Waals surface area (Å²) in [4.78, 5) is 75.9. The highest BCUT2D eigenvalue weighted by Crippen LogP contribution is 2.59. The van der Waals surface area contributed by atoms with Gasteiger partial charge in [-0.25, -0.2) is 8.78 Å². The molecule has 1 unspecified atom stereocenters. The number of fused-ring (bicyclic) bond motifs is 2. The highest BCUT2D eigenvalue weighted by molar-refractivity contribution is 7.52. The maximum atomic E-state index is 14.3. The van der Waals surface area contributed by atoms with Gasteiger partial charge in [0.05, 0.1) is 4.88 Å². The monoisotopic (exact) mass is 698 g/mol. The second-order valence-electron chi connectivity index (χ2n) is 11.5. The van der Waals surface area contributed by atoms with Crippen molar-refractivity contribution in [1.82, 2.24) is 15.1 Å². The summed E-state index contributed by atoms with van der Waals surface area (Å²) in [7, 11) is -4.40. The van der Waals surface area contributed by atoms with Crippen LogP contribution in [0.15, 0.2) is 48.5 Å². The van der Waals surface area contributed by atoms with E-state index in [1.54, 1.807) is 0 Å². The molecular formula is C30H31F4N4O7PS. The molecular weight excluding hydrogens is 667 g/mol. The van der Waals surface area contributed by atoms with Crippen LogP contribution in [0.25, 0.3) is 10.1 Å². The zero-order valence-corrected chi connectivity index (χ0v) is 26.8. The highest BCUT2D eigenvalue weighted by Gasteiger charge is 2.50. The van der Waals surface area contributed by atoms with Gasteiger partial charge in [0.2, 0.25) is 17.7 Å². The van der Waals surface area contributed by atoms with E-state index in [9.17, 15) is 41.3 Å². The van der Waals surface area contributed by atoms with Crippen molar-refractivity contribution in [3.63, 3.8) is 0 Å². The molecule has 2 saturated heterocycles. The second-order valence-corrected chi connectivity index (χ2v) is 14.2. The number of hydrogen-bond acceptors (Lipinski definition) is 6. The first-order valence-electron chi connectivity index (χ1n) is 14.5. The number of benzene rings is 2. The number of halogens is 4. The molecule has 0 spiro atoms. The minimum Gasteiger partial charge on any atom is -0.340 e. The first-order chi connectivity index (χ1) is 22.0. The molecule has 47 heavy (non-hydrogen) atoms. The van der Waals surface area contributed by atoms with Gasteiger partial charge < -0.3 is 29.8 Å². The predicted octanol–water partition coefficient (Wildman–Crippen LogP) is 4.44. The number of likely N-dealkylation sites (N-methyl/N-ethyl adjacent to an activating group) is 1. The first-order valence-corrected chi connectivity index (χ1v) is 16.9. The molecule has 5 rings (SSSR count). The van der Waals surface area contributed by atoms with E-state index in [0.29, 0.717) is 17.5 Å². The summed E-state index contributed by atoms with van der Waals surface area (Å²) in [6.07, 6.45) is -1.68. The first kappa shape index (κ1) is 34.5. The number of nitrogens with one attached hydrogen (secondary N) is 1. The molecule has 3 N–H and O–H groups in total. The van der Waals surface area contributed by atoms with Gasteiger partial charge >= 0.3 is 13.3 Å². The molecule has 4 amide bonds. The Labute approximate surface area is 270 Å². The molecule has 2 aliphatic rings. The summed E-state index contributed by atoms with van der Waals surface area (Å²) in [6.45, 7) is 1.35. The van der Waals surface area contributed by atoms with Gasteiger partial charge in [-0.3, -0.25) is 23.7 Å². The van der Waals surface area contributed by atoms with Gasteiger partial charge in [0.25, 0.3) is 12.3 Å². The smallest absolute Gasteiger partial charge is 0.340 e. The van der Waals surface area contributed by atoms with E-state index in [4.69, 9.17) is 9.79 Å². The number of carbonyl (C=O) groups is 4. The van der Waals surface area contributed by atoms with Crippen LogP contribution >= 0.6 is 18.9 Å². The minimum absolute atomic E-state index is 0.00474. The third-order valence-corrected chi connectivity index (χ3v) is 10.6. The Balaban J connectivity index is 1.41. The topological polar surface area (TPSA) is 148 Å². The predicted molar refractivity (Wildman–Crippen MR) is 164 cm³/mol. The summed E-state index contributed by atoms with van der Waals surface area (Å²) in [5.74, 6) is -2.23. The number of hydrogen-bond donors (Lipinski definition) is 3. The zero-order chi connectivity index (χ0) is 34.4. The van der Waals surface area contributed by atoms with E-state index >= 15 is 0 Å². The molecule has 0 aliphatic carbocycles. The van der Waals surface area contributed by atoms with Crippen LogP contribution in [0.5, 0.6) is 0 Å². The Morgan fingerprint density at radius 1 is 1.09 bits per heavy atom. The fourth-order valence-electron chi connectivity index (χ4n) is 5.97. The van der Waals surface area contributed by atoms with Crippen LogP contribution in [0, 0.1) is 0 Å². The Bertz CT molecular complexity index is 1780. The van der Waals surface area contributed by atoms with Gasteiger partial charge in [0, 0.05) is 54.6 Å². The molecule has 252 valence electrons. The Kier molecular flexibility index (Phi) is 9.52. The molecule has 0 bridgehead atoms. The van der Waals surface area contributed by atoms with Crippen molar-refractivity contribution in [1.29, 1.82) is 0 Å². The van der Waals surface area contributed by atoms with Gasteiger partial charge in [0.1, 0.15) is 12.1 Å². The molecule has 11 nitrogen and oxygen atoms in total. The van der Waals surface area contributed by atoms with Gasteiger partial charge in [-0.2, -0.15) is 8.78 Å². The van der Waals surface area contributed by atoms with E-state index in [1.807, 2.05) is 0 Å². The lowest BCUT2D eigenvalue weighted by atomic mass is 10.1. The van der Waals surface area contributed by atoms with Crippen LogP contribution in [-0.2, 0) is 24.6 Å². The number of nitrogens with zero attached hydrogens (tertiary/aromatic N) is 3. The SMILES string of the molecule is CC(=O)N1CC[C@H]2CC[C@@H](C(=O)N(C)c3cccc(C(F)F)c3)N2C(=O)C(NC(=O)c2cc3cc(C(F)(F)P(=O)(O)O)ccc3s2)C1. The van der Waals surface area contributed by atoms with Crippen LogP contribution in [0.4, 0.5) is 23.2 Å². The van der Waals surface area contributed by atoms with Gasteiger partial charge in [-0.15, -0.1) is 11.3 Å². The maximum Gasteiger partial charge on any atom is 0.399 e. The van der Waals surface area contributed by atoms with E-state index in [1.165, 1.54) is 65.1 Å². The van der Waals surface area contributed by atoms with Crippen molar-refractivity contribution in [3.05, 3.63) is 64.5 Å². The van der Waals surface area contributed by atoms with Crippen LogP contribution in [0.2, 0.25) is 0 Å². The fraction of sp³-hybridized carbons (Fsp3) is 0.400. The van der Waals surface area contributed by atoms with Gasteiger partial charge in [-0.05, 0) is 55.0 Å². The number of amides is 4. The molecule has 2 aliphatic heterocycles. The number of rotatable bonds is 7. The zero-order valence-electron chi connectivity index (χ0n) is 25.1. The van der Waals surface area contributed by atoms with Crippen LogP contribution in [-0.4, -0.2) is 81.5 Å². The van der Waals surface area contributed by atoms with Gasteiger partial charge in [-0.1, -0.05) is 18.2 Å². The number of carbonyl (C=O) groups excluding carboxylic acids is 4. The summed E-state index contributed by atoms with van der Waals surface area (Å²) < 4.78 is 66.9. The molecule has 2 fully saturated rings. The molecule has 0 radical (unpaired) electrons. The number of alkyl halides is 4. The van der Waals surface area contributed by atoms with Crippen molar-refractivity contribution in [2.24, 2.45) is 0 Å². The molecule has 0 saturated carbocycles. The lowest BCUT2D eigenvalue weighted by Gasteiger charge is -2.39. The quantitative estimate of drug-likeness (QED) is 0.244. The Morgan fingerprint density at radius 2 is 1.81 bits per heavy atom. The normalized spacial score (nSPS) is 20.6. The third kappa shape index (κ3) is 6.77. The average molecular weight is 699 g/mol. The van der Waals surface area contributed by atoms with Crippen molar-refractivity contribution in [2.75, 3.05) is 25.0 Å². The van der Waals surface area contributed by atoms with Crippen LogP contribution in [0.3, 0.4) is 0 Å². The number of thiophene rings is 1. The minimum atomic E-state index is -5.83. The number of anilines is 1. The maximum absolute atomic E-state index is 14.3. The van der Waals surface area contributed by atoms with Crippen LogP contribution < -0.4 is 10.2 Å². The van der Waals surface area contributed by atoms with E-state index in [2.05, 4.69) is 5.32 Å². The van der Waals surface area contributed by atoms with E-state index in [-0.39, 0.29) is 46.9 Å². The molecule has 3 heterocycles. The Morgan fingerprint density at radius 3 is 2.47 bits per heavy atom. The third-order valence-electron chi connectivity index (χ3n) is 8.52. The Hall–Kier alpha value is -3.85. The largest absolute Gasteiger partial charge is 0.399 e. The van der Waals surface area contributed by atoms with Crippen molar-refractivity contribution in [2.45, 2.75) is 56.4 Å². The highest BCUT2D eigenvalue weighted by atomic mass is 32.1. The lowest BCUT2D eigenvalue weighted by molar-refractivity contribution is -0.144. The summed E-state index contributed by atoms with van der Waals surface area (Å²) in [6, 6.07) is 6.80. The van der Waals surface area contributed by atoms with E-state index < -0.39 is 61.1 Å². The standard InChI is InChI=1S/C30H31F4N4O7PS/c1-16(39)37-11-10-20-7-8-23(29(42)36(2)21-5-3-4-17(13-21)26(31)32)38(20)28(41)22(15-37)35-27(40)25-14-18-12-19(6-9-24(18)47-25)30(33,34)46(43,44)45/h3-6,9,12-14,20,22-23,26H,7-8,10-11,15H2,1-2H3,(H,35,40)(H2,43,44,45)/t20-,22?,23+/m1/s1.